The molecule has 0 fully saturated rings. The third-order valence-electron chi connectivity index (χ3n) is 7.16. The van der Waals surface area contributed by atoms with Crippen molar-refractivity contribution in [2.75, 3.05) is 25.5 Å². The van der Waals surface area contributed by atoms with E-state index in [1.54, 1.807) is 24.3 Å². The minimum absolute atomic E-state index is 0.0541. The van der Waals surface area contributed by atoms with E-state index in [9.17, 15) is 33.6 Å². The number of hydrogen-bond acceptors (Lipinski definition) is 8. The van der Waals surface area contributed by atoms with E-state index in [1.807, 2.05) is 13.8 Å². The lowest BCUT2D eigenvalue weighted by Crippen LogP contribution is -2.45. The third kappa shape index (κ3) is 13.2. The molecule has 0 unspecified atom stereocenters. The van der Waals surface area contributed by atoms with Crippen LogP contribution in [0.1, 0.15) is 64.4 Å². The van der Waals surface area contributed by atoms with Crippen LogP contribution in [-0.2, 0) is 35.3 Å². The van der Waals surface area contributed by atoms with Gasteiger partial charge in [0.1, 0.15) is 6.61 Å². The second kappa shape index (κ2) is 18.8. The number of hydrogen-bond donors (Lipinski definition) is 5. The number of nitrogens with two attached hydrogens (primary N) is 1. The van der Waals surface area contributed by atoms with Gasteiger partial charge < -0.3 is 31.7 Å². The Balaban J connectivity index is 1.94. The molecule has 246 valence electrons. The van der Waals surface area contributed by atoms with Crippen LogP contribution in [0.5, 0.6) is 0 Å². The third-order valence-corrected chi connectivity index (χ3v) is 7.16. The Kier molecular flexibility index (Phi) is 15.2. The largest absolute Gasteiger partial charge is 0.445 e. The molecular weight excluding hydrogens is 584 g/mol. The molecule has 2 atom stereocenters. The highest BCUT2D eigenvalue weighted by molar-refractivity contribution is 6.12. The summed E-state index contributed by atoms with van der Waals surface area (Å²) in [6.45, 7) is 4.19. The lowest BCUT2D eigenvalue weighted by atomic mass is 9.89. The Hall–Kier alpha value is -4.75. The number of carbonyl (C=O) groups excluding carboxylic acids is 7. The van der Waals surface area contributed by atoms with Crippen LogP contribution in [0.25, 0.3) is 0 Å². The monoisotopic (exact) mass is 628 g/mol. The van der Waals surface area contributed by atoms with E-state index >= 15 is 0 Å². The Bertz CT molecular complexity index is 1230. The van der Waals surface area contributed by atoms with Gasteiger partial charge in [0.2, 0.25) is 11.8 Å². The Morgan fingerprint density at radius 2 is 1.60 bits per heavy atom. The molecule has 2 rings (SSSR count). The number of primary amides is 1. The lowest BCUT2D eigenvalue weighted by Gasteiger charge is -2.24. The first kappa shape index (κ1) is 36.4. The van der Waals surface area contributed by atoms with Crippen molar-refractivity contribution in [3.8, 4) is 0 Å². The smallest absolute Gasteiger partial charge is 0.407 e. The van der Waals surface area contributed by atoms with Crippen LogP contribution in [0.2, 0.25) is 0 Å². The summed E-state index contributed by atoms with van der Waals surface area (Å²) in [4.78, 5) is 86.2. The predicted molar refractivity (Wildman–Crippen MR) is 165 cm³/mol. The summed E-state index contributed by atoms with van der Waals surface area (Å²) in [5.41, 5.74) is 6.33. The van der Waals surface area contributed by atoms with E-state index in [1.165, 1.54) is 19.2 Å². The van der Waals surface area contributed by atoms with Crippen LogP contribution in [0.4, 0.5) is 15.3 Å². The lowest BCUT2D eigenvalue weighted by molar-refractivity contribution is -0.137. The highest BCUT2D eigenvalue weighted by Crippen LogP contribution is 2.20. The number of benzene rings is 1. The first-order valence-corrected chi connectivity index (χ1v) is 15.0. The number of ketones is 1. The fourth-order valence-electron chi connectivity index (χ4n) is 4.65. The van der Waals surface area contributed by atoms with Gasteiger partial charge in [0.25, 0.3) is 11.8 Å². The first-order chi connectivity index (χ1) is 21.4. The molecule has 0 saturated carbocycles. The molecule has 1 aromatic carbocycles. The van der Waals surface area contributed by atoms with Crippen LogP contribution >= 0.6 is 0 Å². The molecule has 0 aliphatic carbocycles. The van der Waals surface area contributed by atoms with E-state index in [4.69, 9.17) is 10.5 Å². The standard InChI is InChI=1S/C31H44N6O8/c1-20(2)28(36-25(39)9-5-4-6-17-37-26(40)14-15-27(37)41)24(38)18-22(8-7-16-34-30(32)43)29(42)35-23-12-10-21(11-13-23)19-45-31(44)33-3/h10-15,20,22,28H,4-9,16-19H2,1-3H3,(H,33,44)(H,35,42)(H,36,39)(H3,32,34,43)/t22-,28+/m1/s1. The van der Waals surface area contributed by atoms with Gasteiger partial charge in [0.15, 0.2) is 5.78 Å². The van der Waals surface area contributed by atoms with Gasteiger partial charge in [0, 0.05) is 56.7 Å². The molecule has 14 nitrogen and oxygen atoms in total. The number of nitrogens with one attached hydrogen (secondary N) is 4. The first-order valence-electron chi connectivity index (χ1n) is 15.0. The van der Waals surface area contributed by atoms with E-state index in [0.29, 0.717) is 36.9 Å². The summed E-state index contributed by atoms with van der Waals surface area (Å²) in [7, 11) is 1.46. The number of imide groups is 1. The van der Waals surface area contributed by atoms with Gasteiger partial charge >= 0.3 is 12.1 Å². The number of rotatable bonds is 19. The van der Waals surface area contributed by atoms with Crippen LogP contribution < -0.4 is 27.0 Å². The van der Waals surface area contributed by atoms with Crippen LogP contribution in [0, 0.1) is 11.8 Å². The Morgan fingerprint density at radius 1 is 0.933 bits per heavy atom. The molecule has 14 heteroatoms. The number of unbranched alkanes of at least 4 members (excludes halogenated alkanes) is 2. The van der Waals surface area contributed by atoms with Gasteiger partial charge in [-0.2, -0.15) is 0 Å². The average molecular weight is 629 g/mol. The van der Waals surface area contributed by atoms with Crippen molar-refractivity contribution in [1.82, 2.24) is 20.9 Å². The number of alkyl carbamates (subject to hydrolysis) is 1. The number of ether oxygens (including phenoxy) is 1. The second-order valence-electron chi connectivity index (χ2n) is 11.1. The van der Waals surface area contributed by atoms with Crippen molar-refractivity contribution in [2.24, 2.45) is 17.6 Å². The van der Waals surface area contributed by atoms with Crippen molar-refractivity contribution in [3.05, 3.63) is 42.0 Å². The quantitative estimate of drug-likeness (QED) is 0.113. The molecule has 1 aromatic rings. The van der Waals surface area contributed by atoms with Crippen molar-refractivity contribution in [2.45, 2.75) is 71.4 Å². The molecule has 0 radical (unpaired) electrons. The maximum atomic E-state index is 13.4. The highest BCUT2D eigenvalue weighted by atomic mass is 16.5. The van der Waals surface area contributed by atoms with Gasteiger partial charge in [0.05, 0.1) is 6.04 Å². The fourth-order valence-corrected chi connectivity index (χ4v) is 4.65. The zero-order chi connectivity index (χ0) is 33.4. The average Bonchev–Trinajstić information content (AvgIpc) is 3.32. The van der Waals surface area contributed by atoms with Crippen molar-refractivity contribution in [3.63, 3.8) is 0 Å². The Labute approximate surface area is 262 Å². The van der Waals surface area contributed by atoms with Crippen molar-refractivity contribution < 1.29 is 38.3 Å². The highest BCUT2D eigenvalue weighted by Gasteiger charge is 2.29. The van der Waals surface area contributed by atoms with E-state index in [-0.39, 0.29) is 68.4 Å². The molecule has 1 aliphatic rings. The zero-order valence-electron chi connectivity index (χ0n) is 26.1. The normalized spacial score (nSPS) is 13.7. The molecule has 0 spiro atoms. The summed E-state index contributed by atoms with van der Waals surface area (Å²) in [5, 5.41) is 10.5. The molecule has 1 heterocycles. The predicted octanol–water partition coefficient (Wildman–Crippen LogP) is 2.13. The summed E-state index contributed by atoms with van der Waals surface area (Å²) >= 11 is 0. The van der Waals surface area contributed by atoms with Gasteiger partial charge in [-0.15, -0.1) is 0 Å². The maximum Gasteiger partial charge on any atom is 0.407 e. The number of amides is 7. The van der Waals surface area contributed by atoms with Gasteiger partial charge in [-0.1, -0.05) is 32.4 Å². The number of anilines is 1. The minimum atomic E-state index is -0.804. The molecule has 1 aliphatic heterocycles. The number of urea groups is 1. The van der Waals surface area contributed by atoms with Gasteiger partial charge in [-0.3, -0.25) is 28.9 Å². The van der Waals surface area contributed by atoms with E-state index in [0.717, 1.165) is 4.90 Å². The molecule has 0 aromatic heterocycles. The van der Waals surface area contributed by atoms with E-state index < -0.39 is 30.0 Å². The molecule has 6 N–H and O–H groups in total. The summed E-state index contributed by atoms with van der Waals surface area (Å²) in [6, 6.07) is 5.21. The fraction of sp³-hybridized carbons (Fsp3) is 0.516. The Morgan fingerprint density at radius 3 is 2.20 bits per heavy atom. The van der Waals surface area contributed by atoms with E-state index in [2.05, 4.69) is 21.3 Å². The van der Waals surface area contributed by atoms with Gasteiger partial charge in [-0.05, 0) is 49.3 Å². The molecule has 0 saturated heterocycles. The second-order valence-corrected chi connectivity index (χ2v) is 11.1. The zero-order valence-corrected chi connectivity index (χ0v) is 26.1. The molecule has 7 amide bonds. The molecule has 0 bridgehead atoms. The number of nitrogens with zero attached hydrogens (tertiary/aromatic N) is 1. The summed E-state index contributed by atoms with van der Waals surface area (Å²) < 4.78 is 5.01. The minimum Gasteiger partial charge on any atom is -0.445 e. The van der Waals surface area contributed by atoms with Crippen molar-refractivity contribution in [1.29, 1.82) is 0 Å². The van der Waals surface area contributed by atoms with Crippen LogP contribution in [-0.4, -0.2) is 72.6 Å². The summed E-state index contributed by atoms with van der Waals surface area (Å²) in [6.07, 6.45) is 4.32. The SMILES string of the molecule is CNC(=O)OCc1ccc(NC(=O)[C@H](CCCNC(N)=O)CC(=O)[C@@H](NC(=O)CCCCCN2C(=O)C=CC2=O)C(C)C)cc1. The van der Waals surface area contributed by atoms with Crippen LogP contribution in [0.3, 0.4) is 0 Å². The number of carbonyl (C=O) groups is 7. The van der Waals surface area contributed by atoms with Crippen molar-refractivity contribution >= 4 is 47.2 Å². The number of Topliss-reactive ketones (excluding diaryl/α,β-unsaturated/α-hetero) is 1. The van der Waals surface area contributed by atoms with Crippen LogP contribution in [0.15, 0.2) is 36.4 Å². The molecule has 45 heavy (non-hydrogen) atoms. The maximum absolute atomic E-state index is 13.4. The molecular formula is C31H44N6O8. The van der Waals surface area contributed by atoms with Gasteiger partial charge in [-0.25, -0.2) is 9.59 Å². The summed E-state index contributed by atoms with van der Waals surface area (Å²) in [5.74, 6) is -2.64. The topological polar surface area (TPSA) is 206 Å².